The molecule has 0 saturated carbocycles. The summed E-state index contributed by atoms with van der Waals surface area (Å²) in [6, 6.07) is 26.7. The van der Waals surface area contributed by atoms with E-state index in [1.54, 1.807) is 18.2 Å². The molecule has 5 aromatic rings. The fraction of sp³-hybridized carbons (Fsp3) is 0.396. The molecule has 1 fully saturated rings. The molecule has 1 aromatic heterocycles. The lowest BCUT2D eigenvalue weighted by molar-refractivity contribution is 0.00498. The van der Waals surface area contributed by atoms with Crippen molar-refractivity contribution in [3.63, 3.8) is 0 Å². The van der Waals surface area contributed by atoms with Crippen molar-refractivity contribution in [1.82, 2.24) is 9.88 Å². The number of ether oxygens (including phenoxy) is 3. The van der Waals surface area contributed by atoms with Gasteiger partial charge in [0.1, 0.15) is 18.2 Å². The molecule has 10 rings (SSSR count). The minimum atomic E-state index is -0.578. The van der Waals surface area contributed by atoms with Gasteiger partial charge in [0.2, 0.25) is 0 Å². The summed E-state index contributed by atoms with van der Waals surface area (Å²) in [6.45, 7) is 1.97. The highest BCUT2D eigenvalue weighted by Gasteiger charge is 2.47. The van der Waals surface area contributed by atoms with E-state index in [1.807, 2.05) is 30.3 Å². The van der Waals surface area contributed by atoms with E-state index in [2.05, 4.69) is 70.5 Å². The molecule has 4 aliphatic heterocycles. The first kappa shape index (κ1) is 40.6. The Kier molecular flexibility index (Phi) is 11.3. The maximum atomic E-state index is 11.5. The number of nitrogens with zero attached hydrogens (tertiary/aromatic N) is 1. The zero-order chi connectivity index (χ0) is 42.2. The summed E-state index contributed by atoms with van der Waals surface area (Å²) < 4.78 is 21.8. The predicted octanol–water partition coefficient (Wildman–Crippen LogP) is 8.40. The Bertz CT molecular complexity index is 2580. The molecule has 62 heavy (non-hydrogen) atoms. The SMILES string of the molecule is NC1C=C2C#C[C@H](CCc3ccc(O)cc3)CCC[C@H]3C[C@H](O)CCc4ccc(O)c(c4)OCc4cc([C@@]56CCOC[C@H]5CCc5ccccc56)cc5cn(cc45)C(=C2CO3)N1. The van der Waals surface area contributed by atoms with Crippen LogP contribution in [0.25, 0.3) is 16.6 Å². The monoisotopic (exact) mass is 831 g/mol. The average molecular weight is 832 g/mol. The van der Waals surface area contributed by atoms with Crippen LogP contribution in [0.5, 0.6) is 17.2 Å². The zero-order valence-electron chi connectivity index (χ0n) is 35.3. The summed E-state index contributed by atoms with van der Waals surface area (Å²) in [7, 11) is 0. The molecular weight excluding hydrogens is 775 g/mol. The van der Waals surface area contributed by atoms with Gasteiger partial charge >= 0.3 is 0 Å². The third kappa shape index (κ3) is 8.13. The van der Waals surface area contributed by atoms with E-state index in [0.29, 0.717) is 44.1 Å². The molecule has 5 aliphatic rings. The van der Waals surface area contributed by atoms with Gasteiger partial charge in [-0.25, -0.2) is 0 Å². The summed E-state index contributed by atoms with van der Waals surface area (Å²) in [4.78, 5) is 0. The minimum absolute atomic E-state index is 0.0916. The number of aliphatic hydroxyl groups excluding tert-OH is 1. The van der Waals surface area contributed by atoms with Gasteiger partial charge in [0, 0.05) is 52.3 Å². The number of phenolic OH excluding ortho intramolecular Hbond substituents is 2. The van der Waals surface area contributed by atoms with Crippen molar-refractivity contribution < 1.29 is 29.5 Å². The Balaban J connectivity index is 1.11. The quantitative estimate of drug-likeness (QED) is 0.114. The summed E-state index contributed by atoms with van der Waals surface area (Å²) >= 11 is 0. The van der Waals surface area contributed by atoms with E-state index in [1.165, 1.54) is 22.3 Å². The lowest BCUT2D eigenvalue weighted by Gasteiger charge is -2.49. The molecule has 1 unspecified atom stereocenters. The number of aliphatic hydroxyl groups is 1. The van der Waals surface area contributed by atoms with Crippen LogP contribution < -0.4 is 15.8 Å². The molecule has 6 atom stereocenters. The van der Waals surface area contributed by atoms with Gasteiger partial charge in [-0.2, -0.15) is 0 Å². The van der Waals surface area contributed by atoms with Crippen LogP contribution in [0.4, 0.5) is 0 Å². The zero-order valence-corrected chi connectivity index (χ0v) is 35.3. The average Bonchev–Trinajstić information content (AvgIpc) is 3.71. The van der Waals surface area contributed by atoms with Gasteiger partial charge < -0.3 is 45.1 Å². The van der Waals surface area contributed by atoms with Crippen LogP contribution in [0.2, 0.25) is 0 Å². The maximum absolute atomic E-state index is 11.5. The fourth-order valence-electron chi connectivity index (χ4n) is 10.8. The second-order valence-electron chi connectivity index (χ2n) is 18.1. The number of dihydropyridines is 1. The summed E-state index contributed by atoms with van der Waals surface area (Å²) in [5, 5.41) is 38.2. The molecule has 1 aliphatic carbocycles. The number of aromatic nitrogens is 1. The van der Waals surface area contributed by atoms with Crippen LogP contribution in [-0.2, 0) is 40.8 Å². The van der Waals surface area contributed by atoms with Crippen molar-refractivity contribution in [3.05, 3.63) is 142 Å². The molecule has 4 aromatic carbocycles. The van der Waals surface area contributed by atoms with E-state index in [0.717, 1.165) is 96.8 Å². The Hall–Kier alpha value is -5.50. The number of nitrogens with one attached hydrogen (secondary N) is 1. The molecule has 6 bridgehead atoms. The van der Waals surface area contributed by atoms with Crippen molar-refractivity contribution >= 4 is 16.6 Å². The number of phenols is 2. The summed E-state index contributed by atoms with van der Waals surface area (Å²) in [5.74, 6) is 9.36. The molecule has 0 spiro atoms. The highest BCUT2D eigenvalue weighted by atomic mass is 16.5. The van der Waals surface area contributed by atoms with Crippen molar-refractivity contribution in [1.29, 1.82) is 0 Å². The highest BCUT2D eigenvalue weighted by molar-refractivity contribution is 5.88. The highest BCUT2D eigenvalue weighted by Crippen LogP contribution is 2.52. The number of hydrogen-bond donors (Lipinski definition) is 5. The molecule has 0 radical (unpaired) electrons. The second kappa shape index (κ2) is 17.3. The minimum Gasteiger partial charge on any atom is -0.508 e. The Morgan fingerprint density at radius 1 is 0.903 bits per heavy atom. The van der Waals surface area contributed by atoms with Crippen molar-refractivity contribution in [3.8, 4) is 29.1 Å². The first-order chi connectivity index (χ1) is 30.3. The molecule has 9 heteroatoms. The van der Waals surface area contributed by atoms with Crippen molar-refractivity contribution in [2.75, 3.05) is 19.8 Å². The molecule has 0 amide bonds. The smallest absolute Gasteiger partial charge is 0.161 e. The third-order valence-electron chi connectivity index (χ3n) is 14.2. The van der Waals surface area contributed by atoms with Crippen LogP contribution in [0, 0.1) is 23.7 Å². The van der Waals surface area contributed by atoms with Crippen LogP contribution in [0.3, 0.4) is 0 Å². The van der Waals surface area contributed by atoms with Crippen molar-refractivity contribution in [2.45, 2.75) is 101 Å². The molecule has 320 valence electrons. The fourth-order valence-corrected chi connectivity index (χ4v) is 10.8. The van der Waals surface area contributed by atoms with Gasteiger partial charge in [0.05, 0.1) is 31.6 Å². The molecule has 6 N–H and O–H groups in total. The molecule has 9 nitrogen and oxygen atoms in total. The van der Waals surface area contributed by atoms with Gasteiger partial charge in [0.25, 0.3) is 0 Å². The predicted molar refractivity (Wildman–Crippen MR) is 241 cm³/mol. The lowest BCUT2D eigenvalue weighted by Crippen LogP contribution is -2.47. The number of rotatable bonds is 4. The van der Waals surface area contributed by atoms with E-state index >= 15 is 0 Å². The Labute approximate surface area is 364 Å². The van der Waals surface area contributed by atoms with Gasteiger partial charge in [-0.15, -0.1) is 0 Å². The van der Waals surface area contributed by atoms with Crippen LogP contribution in [0.1, 0.15) is 84.7 Å². The van der Waals surface area contributed by atoms with Gasteiger partial charge in [0.15, 0.2) is 11.5 Å². The largest absolute Gasteiger partial charge is 0.508 e. The second-order valence-corrected chi connectivity index (χ2v) is 18.1. The lowest BCUT2D eigenvalue weighted by atomic mass is 9.57. The first-order valence-corrected chi connectivity index (χ1v) is 22.6. The number of hydrogen-bond acceptors (Lipinski definition) is 8. The van der Waals surface area contributed by atoms with E-state index in [-0.39, 0.29) is 35.5 Å². The molecular formula is C53H57N3O6. The Morgan fingerprint density at radius 2 is 1.79 bits per heavy atom. The number of aromatic hydroxyl groups is 2. The summed E-state index contributed by atoms with van der Waals surface area (Å²) in [5.41, 5.74) is 15.6. The number of nitrogens with two attached hydrogens (primary N) is 1. The van der Waals surface area contributed by atoms with Crippen LogP contribution in [0.15, 0.2) is 108 Å². The number of aryl methyl sites for hydroxylation is 3. The number of benzene rings is 4. The van der Waals surface area contributed by atoms with Crippen LogP contribution in [-0.4, -0.2) is 58.1 Å². The van der Waals surface area contributed by atoms with E-state index in [9.17, 15) is 15.3 Å². The number of fused-ring (bicyclic) bond motifs is 9. The topological polar surface area (TPSA) is 131 Å². The normalized spacial score (nSPS) is 26.4. The van der Waals surface area contributed by atoms with Gasteiger partial charge in [-0.05, 0) is 146 Å². The first-order valence-electron chi connectivity index (χ1n) is 22.6. The van der Waals surface area contributed by atoms with Gasteiger partial charge in [-0.3, -0.25) is 0 Å². The van der Waals surface area contributed by atoms with Crippen molar-refractivity contribution in [2.24, 2.45) is 17.6 Å². The maximum Gasteiger partial charge on any atom is 0.161 e. The van der Waals surface area contributed by atoms with E-state index in [4.69, 9.17) is 19.9 Å². The van der Waals surface area contributed by atoms with E-state index < -0.39 is 12.3 Å². The summed E-state index contributed by atoms with van der Waals surface area (Å²) in [6.07, 6.45) is 14.2. The standard InChI is InChI=1S/C53H57N3O6/c54-51-27-38-15-10-34(8-9-35-11-18-43(57)19-12-35)4-3-6-45-28-44(58)20-13-36-14-21-49(59)50(24-36)62-31-40-26-42(25-39-29-56(30-46(39)40)52(55-51)47(38)33-61-45)53-22-23-60-32-41(53)17-16-37-5-1-2-7-48(37)53/h1-2,5,7,11-12,14,18-19,21,24-27,29-30,34,41,44-45,51,55,57-59H,3-4,6,8-9,13,16-17,20,22-23,28,31-33,54H2/t34-,41+,44+,45-,51?,53+/m0/s1. The van der Waals surface area contributed by atoms with Crippen LogP contribution >= 0.6 is 0 Å². The Morgan fingerprint density at radius 3 is 2.69 bits per heavy atom. The molecule has 5 heterocycles. The third-order valence-corrected chi connectivity index (χ3v) is 14.2. The molecule has 1 saturated heterocycles. The van der Waals surface area contributed by atoms with Gasteiger partial charge in [-0.1, -0.05) is 60.4 Å².